The largest absolute Gasteiger partial charge is 0.464 e. The molecule has 0 bridgehead atoms. The minimum atomic E-state index is -0.685. The first-order valence-corrected chi connectivity index (χ1v) is 8.48. The molecule has 6 heteroatoms. The van der Waals surface area contributed by atoms with Gasteiger partial charge in [-0.1, -0.05) is 22.4 Å². The number of fused-ring (bicyclic) bond motifs is 2. The maximum Gasteiger partial charge on any atom is 0.163 e. The molecule has 1 aliphatic heterocycles. The number of furan rings is 1. The number of hydrogen-bond donors (Lipinski definition) is 1. The highest BCUT2D eigenvalue weighted by Crippen LogP contribution is 2.49. The maximum absolute atomic E-state index is 11.2. The van der Waals surface area contributed by atoms with Gasteiger partial charge in [-0.2, -0.15) is 0 Å². The molecule has 2 aromatic heterocycles. The predicted octanol–water partition coefficient (Wildman–Crippen LogP) is 2.77. The SMILES string of the molecule is NS1=C(C=O)Sc2nc3c(c(-c4ccco4)c21)CCC3. The van der Waals surface area contributed by atoms with E-state index >= 15 is 0 Å². The number of rotatable bonds is 2. The highest BCUT2D eigenvalue weighted by atomic mass is 32.2. The lowest BCUT2D eigenvalue weighted by atomic mass is 10.1. The van der Waals surface area contributed by atoms with Crippen molar-refractivity contribution < 1.29 is 9.21 Å². The Labute approximate surface area is 122 Å². The quantitative estimate of drug-likeness (QED) is 0.682. The van der Waals surface area contributed by atoms with Crippen molar-refractivity contribution in [2.75, 3.05) is 0 Å². The molecule has 2 N–H and O–H groups in total. The van der Waals surface area contributed by atoms with Gasteiger partial charge < -0.3 is 4.42 Å². The molecule has 3 heterocycles. The summed E-state index contributed by atoms with van der Waals surface area (Å²) < 4.78 is 6.26. The van der Waals surface area contributed by atoms with Crippen molar-refractivity contribution in [3.05, 3.63) is 29.7 Å². The lowest BCUT2D eigenvalue weighted by Crippen LogP contribution is -1.99. The van der Waals surface area contributed by atoms with Gasteiger partial charge in [-0.25, -0.2) is 4.98 Å². The van der Waals surface area contributed by atoms with Gasteiger partial charge in [0, 0.05) is 11.3 Å². The predicted molar refractivity (Wildman–Crippen MR) is 80.9 cm³/mol. The molecule has 0 spiro atoms. The van der Waals surface area contributed by atoms with Crippen molar-refractivity contribution in [2.45, 2.75) is 29.2 Å². The second-order valence-corrected chi connectivity index (χ2v) is 7.57. The van der Waals surface area contributed by atoms with Crippen LogP contribution < -0.4 is 5.14 Å². The summed E-state index contributed by atoms with van der Waals surface area (Å²) in [5.41, 5.74) is 3.45. The Balaban J connectivity index is 2.06. The van der Waals surface area contributed by atoms with Crippen molar-refractivity contribution in [2.24, 2.45) is 5.14 Å². The number of thioether (sulfide) groups is 1. The minimum absolute atomic E-state index is 0.656. The van der Waals surface area contributed by atoms with Crippen LogP contribution in [-0.4, -0.2) is 15.5 Å². The summed E-state index contributed by atoms with van der Waals surface area (Å²) in [5, 5.41) is 7.14. The second-order valence-electron chi connectivity index (χ2n) is 4.75. The van der Waals surface area contributed by atoms with E-state index in [4.69, 9.17) is 14.5 Å². The van der Waals surface area contributed by atoms with Crippen molar-refractivity contribution >= 4 is 32.9 Å². The van der Waals surface area contributed by atoms with E-state index in [1.807, 2.05) is 12.1 Å². The first-order chi connectivity index (χ1) is 9.79. The van der Waals surface area contributed by atoms with Crippen LogP contribution in [-0.2, 0) is 17.6 Å². The van der Waals surface area contributed by atoms with Crippen molar-refractivity contribution in [1.29, 1.82) is 0 Å². The van der Waals surface area contributed by atoms with Gasteiger partial charge in [0.15, 0.2) is 6.29 Å². The Morgan fingerprint density at radius 1 is 1.45 bits per heavy atom. The van der Waals surface area contributed by atoms with E-state index in [2.05, 4.69) is 0 Å². The summed E-state index contributed by atoms with van der Waals surface area (Å²) in [5.74, 6) is 0.831. The molecule has 0 fully saturated rings. The van der Waals surface area contributed by atoms with E-state index in [1.165, 1.54) is 17.3 Å². The van der Waals surface area contributed by atoms with Crippen LogP contribution in [0.1, 0.15) is 17.7 Å². The van der Waals surface area contributed by atoms with Crippen LogP contribution >= 0.6 is 22.4 Å². The Morgan fingerprint density at radius 3 is 3.10 bits per heavy atom. The number of carbonyl (C=O) groups is 1. The van der Waals surface area contributed by atoms with E-state index in [0.29, 0.717) is 4.20 Å². The van der Waals surface area contributed by atoms with Crippen LogP contribution in [0.15, 0.2) is 32.7 Å². The molecule has 4 nitrogen and oxygen atoms in total. The molecule has 0 amide bonds. The Morgan fingerprint density at radius 2 is 2.35 bits per heavy atom. The van der Waals surface area contributed by atoms with E-state index in [0.717, 1.165) is 52.5 Å². The van der Waals surface area contributed by atoms with E-state index in [-0.39, 0.29) is 0 Å². The highest BCUT2D eigenvalue weighted by Gasteiger charge is 2.31. The normalized spacial score (nSPS) is 20.1. The Hall–Kier alpha value is -1.37. The van der Waals surface area contributed by atoms with Gasteiger partial charge in [0.1, 0.15) is 10.8 Å². The zero-order valence-corrected chi connectivity index (χ0v) is 12.2. The summed E-state index contributed by atoms with van der Waals surface area (Å²) in [6.45, 7) is 0. The lowest BCUT2D eigenvalue weighted by Gasteiger charge is -2.12. The fourth-order valence-corrected chi connectivity index (χ4v) is 5.62. The average Bonchev–Trinajstić information content (AvgIpc) is 3.16. The molecule has 0 aromatic carbocycles. The van der Waals surface area contributed by atoms with Gasteiger partial charge in [-0.05, 0) is 37.0 Å². The van der Waals surface area contributed by atoms with Crippen LogP contribution in [0.3, 0.4) is 0 Å². The topological polar surface area (TPSA) is 69.1 Å². The second kappa shape index (κ2) is 4.58. The number of nitrogens with zero attached hydrogens (tertiary/aromatic N) is 1. The number of nitrogens with two attached hydrogens (primary N) is 1. The van der Waals surface area contributed by atoms with E-state index < -0.39 is 10.7 Å². The molecule has 0 saturated heterocycles. The number of aromatic nitrogens is 1. The zero-order valence-electron chi connectivity index (χ0n) is 10.6. The number of aryl methyl sites for hydroxylation is 1. The highest BCUT2D eigenvalue weighted by molar-refractivity contribution is 8.36. The van der Waals surface area contributed by atoms with Gasteiger partial charge >= 0.3 is 0 Å². The van der Waals surface area contributed by atoms with Crippen molar-refractivity contribution in [1.82, 2.24) is 4.98 Å². The van der Waals surface area contributed by atoms with Crippen LogP contribution in [0.5, 0.6) is 0 Å². The molecule has 2 aromatic rings. The van der Waals surface area contributed by atoms with Gasteiger partial charge in [-0.3, -0.25) is 9.93 Å². The van der Waals surface area contributed by atoms with Crippen molar-refractivity contribution in [3.63, 3.8) is 0 Å². The molecule has 0 saturated carbocycles. The molecular weight excluding hydrogens is 292 g/mol. The van der Waals surface area contributed by atoms with Gasteiger partial charge in [-0.15, -0.1) is 0 Å². The zero-order chi connectivity index (χ0) is 13.7. The molecule has 20 heavy (non-hydrogen) atoms. The van der Waals surface area contributed by atoms with Crippen LogP contribution in [0.4, 0.5) is 0 Å². The standard InChI is InChI=1S/C14H12N2O2S2/c15-20-11(7-17)19-14-13(20)12(10-5-2-6-18-10)8-3-1-4-9(8)16-14/h2,5-7H,1,3-4,15H2. The number of hydrogen-bond acceptors (Lipinski definition) is 5. The van der Waals surface area contributed by atoms with E-state index in [1.54, 1.807) is 6.26 Å². The fourth-order valence-electron chi connectivity index (χ4n) is 2.81. The van der Waals surface area contributed by atoms with E-state index in [9.17, 15) is 4.79 Å². The van der Waals surface area contributed by atoms with Crippen molar-refractivity contribution in [3.8, 4) is 11.3 Å². The Kier molecular flexibility index (Phi) is 2.83. The summed E-state index contributed by atoms with van der Waals surface area (Å²) in [7, 11) is -0.685. The van der Waals surface area contributed by atoms with Gasteiger partial charge in [0.2, 0.25) is 0 Å². The fraction of sp³-hybridized carbons (Fsp3) is 0.214. The molecule has 102 valence electrons. The van der Waals surface area contributed by atoms with Gasteiger partial charge in [0.25, 0.3) is 0 Å². The van der Waals surface area contributed by atoms with Crippen LogP contribution in [0.2, 0.25) is 0 Å². The third-order valence-corrected chi connectivity index (χ3v) is 6.72. The molecule has 0 radical (unpaired) electrons. The lowest BCUT2D eigenvalue weighted by molar-refractivity contribution is -0.102. The van der Waals surface area contributed by atoms with Crippen LogP contribution in [0.25, 0.3) is 11.3 Å². The minimum Gasteiger partial charge on any atom is -0.464 e. The van der Waals surface area contributed by atoms with Crippen LogP contribution in [0, 0.1) is 0 Å². The number of carbonyl (C=O) groups excluding carboxylic acids is 1. The molecule has 4 rings (SSSR count). The smallest absolute Gasteiger partial charge is 0.163 e. The summed E-state index contributed by atoms with van der Waals surface area (Å²) in [6.07, 6.45) is 5.64. The Bertz CT molecular complexity index is 751. The summed E-state index contributed by atoms with van der Waals surface area (Å²) in [4.78, 5) is 16.9. The molecule has 2 aliphatic rings. The summed E-state index contributed by atoms with van der Waals surface area (Å²) >= 11 is 1.40. The molecule has 1 aliphatic carbocycles. The summed E-state index contributed by atoms with van der Waals surface area (Å²) in [6, 6.07) is 3.83. The average molecular weight is 304 g/mol. The molecule has 1 unspecified atom stereocenters. The molecular formula is C14H12N2O2S2. The first kappa shape index (κ1) is 12.4. The number of aldehydes is 1. The number of pyridine rings is 1. The maximum atomic E-state index is 11.2. The monoisotopic (exact) mass is 304 g/mol. The third kappa shape index (κ3) is 1.65. The third-order valence-electron chi connectivity index (χ3n) is 3.65. The first-order valence-electron chi connectivity index (χ1n) is 6.38. The molecule has 1 atom stereocenters. The van der Waals surface area contributed by atoms with Gasteiger partial charge in [0.05, 0.1) is 15.4 Å².